The highest BCUT2D eigenvalue weighted by Crippen LogP contribution is 2.27. The lowest BCUT2D eigenvalue weighted by atomic mass is 9.89. The van der Waals surface area contributed by atoms with Gasteiger partial charge in [-0.15, -0.1) is 0 Å². The monoisotopic (exact) mass is 430 g/mol. The quantitative estimate of drug-likeness (QED) is 0.620. The van der Waals surface area contributed by atoms with Crippen LogP contribution < -0.4 is 5.32 Å². The zero-order chi connectivity index (χ0) is 22.2. The van der Waals surface area contributed by atoms with E-state index in [1.807, 2.05) is 30.9 Å². The molecule has 1 saturated heterocycles. The Hall–Kier alpha value is -2.08. The van der Waals surface area contributed by atoms with Gasteiger partial charge in [-0.2, -0.15) is 0 Å². The van der Waals surface area contributed by atoms with Crippen LogP contribution in [-0.4, -0.2) is 48.6 Å². The van der Waals surface area contributed by atoms with E-state index in [9.17, 15) is 9.59 Å². The molecule has 1 heterocycles. The molecule has 6 nitrogen and oxygen atoms in total. The van der Waals surface area contributed by atoms with Crippen LogP contribution in [0.5, 0.6) is 0 Å². The van der Waals surface area contributed by atoms with Gasteiger partial charge >= 0.3 is 5.97 Å². The van der Waals surface area contributed by atoms with Crippen LogP contribution in [0.15, 0.2) is 24.3 Å². The Bertz CT molecular complexity index is 730. The Morgan fingerprint density at radius 2 is 1.97 bits per heavy atom. The van der Waals surface area contributed by atoms with E-state index in [4.69, 9.17) is 9.47 Å². The SMILES string of the molecule is CCOC(=O)C1CCN(C(=O)C(C)Nc2cccc(COC3CCCC(C)C3)c2)CC1. The molecule has 2 aliphatic rings. The highest BCUT2D eigenvalue weighted by Gasteiger charge is 2.30. The number of amides is 1. The van der Waals surface area contributed by atoms with Crippen LogP contribution in [0.3, 0.4) is 0 Å². The maximum absolute atomic E-state index is 12.9. The minimum absolute atomic E-state index is 0.0696. The molecular formula is C25H38N2O4. The first-order chi connectivity index (χ1) is 15.0. The van der Waals surface area contributed by atoms with Gasteiger partial charge in [0.25, 0.3) is 0 Å². The summed E-state index contributed by atoms with van der Waals surface area (Å²) in [6, 6.07) is 7.82. The Morgan fingerprint density at radius 1 is 1.19 bits per heavy atom. The number of piperidine rings is 1. The number of carbonyl (C=O) groups is 2. The third-order valence-electron chi connectivity index (χ3n) is 6.48. The summed E-state index contributed by atoms with van der Waals surface area (Å²) in [5.74, 6) is 0.597. The summed E-state index contributed by atoms with van der Waals surface area (Å²) in [5.41, 5.74) is 2.05. The average molecular weight is 431 g/mol. The lowest BCUT2D eigenvalue weighted by Crippen LogP contribution is -2.46. The van der Waals surface area contributed by atoms with Crippen LogP contribution in [0.4, 0.5) is 5.69 Å². The molecule has 1 N–H and O–H groups in total. The first-order valence-corrected chi connectivity index (χ1v) is 11.9. The second-order valence-electron chi connectivity index (χ2n) is 9.12. The van der Waals surface area contributed by atoms with Gasteiger partial charge in [-0.25, -0.2) is 0 Å². The van der Waals surface area contributed by atoms with Crippen LogP contribution in [0.1, 0.15) is 64.9 Å². The van der Waals surface area contributed by atoms with Crippen LogP contribution in [0, 0.1) is 11.8 Å². The van der Waals surface area contributed by atoms with Crippen molar-refractivity contribution in [2.75, 3.05) is 25.0 Å². The second-order valence-corrected chi connectivity index (χ2v) is 9.12. The first kappa shape index (κ1) is 23.6. The van der Waals surface area contributed by atoms with Crippen molar-refractivity contribution in [2.24, 2.45) is 11.8 Å². The van der Waals surface area contributed by atoms with Crippen molar-refractivity contribution < 1.29 is 19.1 Å². The molecule has 3 unspecified atom stereocenters. The summed E-state index contributed by atoms with van der Waals surface area (Å²) in [7, 11) is 0. The summed E-state index contributed by atoms with van der Waals surface area (Å²) in [4.78, 5) is 26.6. The van der Waals surface area contributed by atoms with Gasteiger partial charge in [0.05, 0.1) is 25.2 Å². The molecule has 0 bridgehead atoms. The van der Waals surface area contributed by atoms with Gasteiger partial charge in [0.2, 0.25) is 5.91 Å². The Balaban J connectivity index is 1.46. The van der Waals surface area contributed by atoms with Gasteiger partial charge in [-0.3, -0.25) is 9.59 Å². The molecule has 1 aliphatic heterocycles. The maximum Gasteiger partial charge on any atom is 0.309 e. The third kappa shape index (κ3) is 6.96. The van der Waals surface area contributed by atoms with Crippen LogP contribution >= 0.6 is 0 Å². The van der Waals surface area contributed by atoms with Crippen molar-refractivity contribution in [3.63, 3.8) is 0 Å². The highest BCUT2D eigenvalue weighted by molar-refractivity contribution is 5.84. The van der Waals surface area contributed by atoms with E-state index in [2.05, 4.69) is 24.4 Å². The Labute approximate surface area is 186 Å². The predicted molar refractivity (Wildman–Crippen MR) is 122 cm³/mol. The average Bonchev–Trinajstić information content (AvgIpc) is 2.78. The zero-order valence-corrected chi connectivity index (χ0v) is 19.3. The van der Waals surface area contributed by atoms with Crippen molar-refractivity contribution in [2.45, 2.75) is 78.0 Å². The molecule has 2 fully saturated rings. The molecule has 1 aliphatic carbocycles. The van der Waals surface area contributed by atoms with E-state index in [1.165, 1.54) is 12.8 Å². The van der Waals surface area contributed by atoms with Gasteiger partial charge in [-0.05, 0) is 63.1 Å². The third-order valence-corrected chi connectivity index (χ3v) is 6.48. The molecule has 6 heteroatoms. The Morgan fingerprint density at radius 3 is 2.68 bits per heavy atom. The Kier molecular flexibility index (Phi) is 8.76. The van der Waals surface area contributed by atoms with Gasteiger partial charge in [0, 0.05) is 18.8 Å². The number of esters is 1. The molecule has 1 amide bonds. The van der Waals surface area contributed by atoms with Crippen LogP contribution in [-0.2, 0) is 25.7 Å². The number of anilines is 1. The van der Waals surface area contributed by atoms with Crippen LogP contribution in [0.25, 0.3) is 0 Å². The minimum atomic E-state index is -0.325. The standard InChI is InChI=1S/C25H38N2O4/c1-4-30-25(29)21-11-13-27(14-12-21)24(28)19(3)26-22-9-6-8-20(16-22)17-31-23-10-5-7-18(2)15-23/h6,8-9,16,18-19,21,23,26H,4-5,7,10-15,17H2,1-3H3. The summed E-state index contributed by atoms with van der Waals surface area (Å²) in [6.45, 7) is 8.23. The summed E-state index contributed by atoms with van der Waals surface area (Å²) < 4.78 is 11.3. The van der Waals surface area contributed by atoms with E-state index in [0.29, 0.717) is 45.2 Å². The fourth-order valence-electron chi connectivity index (χ4n) is 4.68. The second kappa shape index (κ2) is 11.5. The normalized spacial score (nSPS) is 23.3. The zero-order valence-electron chi connectivity index (χ0n) is 19.3. The topological polar surface area (TPSA) is 67.9 Å². The van der Waals surface area contributed by atoms with Gasteiger partial charge in [0.1, 0.15) is 6.04 Å². The number of benzene rings is 1. The van der Waals surface area contributed by atoms with E-state index in [-0.39, 0.29) is 23.8 Å². The summed E-state index contributed by atoms with van der Waals surface area (Å²) >= 11 is 0. The van der Waals surface area contributed by atoms with Gasteiger partial charge in [0.15, 0.2) is 0 Å². The smallest absolute Gasteiger partial charge is 0.309 e. The fraction of sp³-hybridized carbons (Fsp3) is 0.680. The largest absolute Gasteiger partial charge is 0.466 e. The van der Waals surface area contributed by atoms with Crippen molar-refractivity contribution >= 4 is 17.6 Å². The first-order valence-electron chi connectivity index (χ1n) is 11.9. The van der Waals surface area contributed by atoms with Crippen molar-refractivity contribution in [1.82, 2.24) is 4.90 Å². The highest BCUT2D eigenvalue weighted by atomic mass is 16.5. The fourth-order valence-corrected chi connectivity index (χ4v) is 4.68. The molecule has 0 radical (unpaired) electrons. The summed E-state index contributed by atoms with van der Waals surface area (Å²) in [5, 5.41) is 3.34. The predicted octanol–water partition coefficient (Wildman–Crippen LogP) is 4.38. The molecule has 1 aromatic rings. The molecule has 172 valence electrons. The number of nitrogens with zero attached hydrogens (tertiary/aromatic N) is 1. The molecule has 1 aromatic carbocycles. The molecule has 0 aromatic heterocycles. The van der Waals surface area contributed by atoms with E-state index >= 15 is 0 Å². The van der Waals surface area contributed by atoms with Crippen molar-refractivity contribution in [1.29, 1.82) is 0 Å². The van der Waals surface area contributed by atoms with E-state index in [1.54, 1.807) is 0 Å². The van der Waals surface area contributed by atoms with Crippen molar-refractivity contribution in [3.8, 4) is 0 Å². The molecule has 31 heavy (non-hydrogen) atoms. The van der Waals surface area contributed by atoms with Gasteiger partial charge in [-0.1, -0.05) is 31.9 Å². The minimum Gasteiger partial charge on any atom is -0.466 e. The number of hydrogen-bond donors (Lipinski definition) is 1. The maximum atomic E-state index is 12.9. The summed E-state index contributed by atoms with van der Waals surface area (Å²) in [6.07, 6.45) is 6.57. The number of ether oxygens (including phenoxy) is 2. The van der Waals surface area contributed by atoms with Gasteiger partial charge < -0.3 is 19.7 Å². The molecule has 3 rings (SSSR count). The van der Waals surface area contributed by atoms with E-state index in [0.717, 1.165) is 30.0 Å². The number of rotatable bonds is 8. The molecule has 0 spiro atoms. The number of nitrogens with one attached hydrogen (secondary N) is 1. The van der Waals surface area contributed by atoms with Crippen LogP contribution in [0.2, 0.25) is 0 Å². The van der Waals surface area contributed by atoms with E-state index < -0.39 is 0 Å². The number of carbonyl (C=O) groups excluding carboxylic acids is 2. The lowest BCUT2D eigenvalue weighted by Gasteiger charge is -2.33. The number of likely N-dealkylation sites (tertiary alicyclic amines) is 1. The molecule has 1 saturated carbocycles. The lowest BCUT2D eigenvalue weighted by molar-refractivity contribution is -0.151. The molecule has 3 atom stereocenters. The van der Waals surface area contributed by atoms with Crippen molar-refractivity contribution in [3.05, 3.63) is 29.8 Å². The molecular weight excluding hydrogens is 392 g/mol. The number of hydrogen-bond acceptors (Lipinski definition) is 5.